The third-order valence-corrected chi connectivity index (χ3v) is 4.59. The molecule has 1 aromatic heterocycles. The van der Waals surface area contributed by atoms with Crippen LogP contribution in [0.4, 0.5) is 19.4 Å². The Bertz CT molecular complexity index is 764. The molecule has 1 aromatic rings. The maximum atomic E-state index is 13.0. The Morgan fingerprint density at radius 2 is 1.90 bits per heavy atom. The largest absolute Gasteiger partial charge is 0.444 e. The van der Waals surface area contributed by atoms with Gasteiger partial charge in [-0.25, -0.2) is 9.78 Å². The van der Waals surface area contributed by atoms with Crippen LogP contribution in [0, 0.1) is 0 Å². The van der Waals surface area contributed by atoms with Crippen LogP contribution in [0.15, 0.2) is 24.0 Å². The van der Waals surface area contributed by atoms with E-state index < -0.39 is 23.8 Å². The monoisotopic (exact) mass is 425 g/mol. The minimum atomic E-state index is -1.67. The highest BCUT2D eigenvalue weighted by molar-refractivity contribution is 5.85. The third-order valence-electron chi connectivity index (χ3n) is 4.59. The van der Waals surface area contributed by atoms with E-state index in [0.717, 1.165) is 5.69 Å². The van der Waals surface area contributed by atoms with Gasteiger partial charge in [0.15, 0.2) is 0 Å². The Labute approximate surface area is 174 Å². The number of nitrogen functional groups attached to an aromatic ring is 1. The number of carbonyl (C=O) groups excluding carboxylic acids is 2. The van der Waals surface area contributed by atoms with Crippen molar-refractivity contribution < 1.29 is 23.1 Å². The molecule has 1 saturated heterocycles. The summed E-state index contributed by atoms with van der Waals surface area (Å²) in [5.74, 6) is 0.0178. The van der Waals surface area contributed by atoms with E-state index in [-0.39, 0.29) is 37.4 Å². The van der Waals surface area contributed by atoms with Crippen molar-refractivity contribution in [2.24, 2.45) is 0 Å². The van der Waals surface area contributed by atoms with Gasteiger partial charge >= 0.3 is 6.09 Å². The number of nitrogens with zero attached hydrogens (tertiary/aromatic N) is 3. The van der Waals surface area contributed by atoms with Crippen LogP contribution in [0.2, 0.25) is 0 Å². The van der Waals surface area contributed by atoms with Crippen molar-refractivity contribution in [3.8, 4) is 0 Å². The fourth-order valence-electron chi connectivity index (χ4n) is 3.09. The summed E-state index contributed by atoms with van der Waals surface area (Å²) in [5.41, 5.74) is 5.62. The van der Waals surface area contributed by atoms with Gasteiger partial charge in [-0.3, -0.25) is 9.78 Å². The first kappa shape index (κ1) is 23.5. The summed E-state index contributed by atoms with van der Waals surface area (Å²) in [5, 5.41) is 2.63. The molecule has 1 atom stereocenters. The molecule has 2 heterocycles. The summed E-state index contributed by atoms with van der Waals surface area (Å²) >= 11 is 0. The highest BCUT2D eigenvalue weighted by Crippen LogP contribution is 2.22. The molecule has 10 heteroatoms. The Hall–Kier alpha value is -2.78. The van der Waals surface area contributed by atoms with E-state index in [1.807, 2.05) is 0 Å². The maximum absolute atomic E-state index is 13.0. The molecular formula is C20H29F2N5O3. The number of nitrogens with one attached hydrogen (secondary N) is 1. The highest BCUT2D eigenvalue weighted by Gasteiger charge is 2.30. The van der Waals surface area contributed by atoms with Gasteiger partial charge in [-0.2, -0.15) is 8.78 Å². The van der Waals surface area contributed by atoms with Crippen molar-refractivity contribution in [1.82, 2.24) is 20.2 Å². The predicted molar refractivity (Wildman–Crippen MR) is 108 cm³/mol. The molecular weight excluding hydrogens is 396 g/mol. The SMILES string of the molecule is CC(C)(C)OC(=O)N[C@@H](CCCc1cnc(N)cn1)C(=O)N1CCC(=C(F)F)CC1. The van der Waals surface area contributed by atoms with E-state index in [9.17, 15) is 18.4 Å². The summed E-state index contributed by atoms with van der Waals surface area (Å²) in [6.45, 7) is 5.58. The fraction of sp³-hybridized carbons (Fsp3) is 0.600. The number of amides is 2. The van der Waals surface area contributed by atoms with E-state index >= 15 is 0 Å². The number of ether oxygens (including phenoxy) is 1. The Morgan fingerprint density at radius 3 is 2.43 bits per heavy atom. The molecule has 1 aliphatic rings. The first-order chi connectivity index (χ1) is 14.0. The van der Waals surface area contributed by atoms with Crippen LogP contribution >= 0.6 is 0 Å². The molecule has 0 aromatic carbocycles. The third kappa shape index (κ3) is 7.57. The molecule has 2 amide bonds. The second-order valence-electron chi connectivity index (χ2n) is 8.21. The number of aromatic nitrogens is 2. The topological polar surface area (TPSA) is 110 Å². The van der Waals surface area contributed by atoms with Gasteiger partial charge in [0, 0.05) is 13.1 Å². The number of rotatable bonds is 6. The second kappa shape index (κ2) is 10.3. The Balaban J connectivity index is 2.00. The summed E-state index contributed by atoms with van der Waals surface area (Å²) in [6.07, 6.45) is 2.38. The average molecular weight is 425 g/mol. The van der Waals surface area contributed by atoms with Crippen LogP contribution < -0.4 is 11.1 Å². The summed E-state index contributed by atoms with van der Waals surface area (Å²) in [4.78, 5) is 34.9. The zero-order chi connectivity index (χ0) is 22.3. The molecule has 0 bridgehead atoms. The fourth-order valence-corrected chi connectivity index (χ4v) is 3.09. The van der Waals surface area contributed by atoms with Gasteiger partial charge in [-0.1, -0.05) is 0 Å². The number of piperidine rings is 1. The van der Waals surface area contributed by atoms with Crippen molar-refractivity contribution in [2.75, 3.05) is 18.8 Å². The molecule has 1 fully saturated rings. The molecule has 0 saturated carbocycles. The number of hydrogen-bond donors (Lipinski definition) is 2. The van der Waals surface area contributed by atoms with E-state index in [1.54, 1.807) is 27.0 Å². The lowest BCUT2D eigenvalue weighted by atomic mass is 10.0. The van der Waals surface area contributed by atoms with Gasteiger partial charge in [0.05, 0.1) is 18.1 Å². The lowest BCUT2D eigenvalue weighted by Crippen LogP contribution is -2.51. The summed E-state index contributed by atoms with van der Waals surface area (Å²) < 4.78 is 30.8. The second-order valence-corrected chi connectivity index (χ2v) is 8.21. The van der Waals surface area contributed by atoms with Crippen LogP contribution in [0.1, 0.15) is 52.1 Å². The predicted octanol–water partition coefficient (Wildman–Crippen LogP) is 3.05. The number of aryl methyl sites for hydroxylation is 1. The lowest BCUT2D eigenvalue weighted by molar-refractivity contribution is -0.134. The minimum absolute atomic E-state index is 0.0811. The van der Waals surface area contributed by atoms with E-state index in [2.05, 4.69) is 15.3 Å². The average Bonchev–Trinajstić information content (AvgIpc) is 2.67. The van der Waals surface area contributed by atoms with Crippen molar-refractivity contribution in [3.63, 3.8) is 0 Å². The number of nitrogens with two attached hydrogens (primary N) is 1. The molecule has 2 rings (SSSR count). The maximum Gasteiger partial charge on any atom is 0.408 e. The van der Waals surface area contributed by atoms with Gasteiger partial charge in [0.2, 0.25) is 5.91 Å². The Morgan fingerprint density at radius 1 is 1.23 bits per heavy atom. The molecule has 0 radical (unpaired) electrons. The lowest BCUT2D eigenvalue weighted by Gasteiger charge is -2.32. The number of likely N-dealkylation sites (tertiary alicyclic amines) is 1. The van der Waals surface area contributed by atoms with Gasteiger partial charge < -0.3 is 20.7 Å². The van der Waals surface area contributed by atoms with Crippen LogP contribution in [-0.2, 0) is 16.0 Å². The number of halogens is 2. The number of carbonyl (C=O) groups is 2. The zero-order valence-electron chi connectivity index (χ0n) is 17.6. The van der Waals surface area contributed by atoms with Gasteiger partial charge in [-0.05, 0) is 58.4 Å². The number of hydrogen-bond acceptors (Lipinski definition) is 6. The highest BCUT2D eigenvalue weighted by atomic mass is 19.3. The van der Waals surface area contributed by atoms with Crippen molar-refractivity contribution in [3.05, 3.63) is 29.7 Å². The van der Waals surface area contributed by atoms with E-state index in [0.29, 0.717) is 25.1 Å². The molecule has 1 aliphatic heterocycles. The minimum Gasteiger partial charge on any atom is -0.444 e. The van der Waals surface area contributed by atoms with Crippen molar-refractivity contribution in [2.45, 2.75) is 64.5 Å². The smallest absolute Gasteiger partial charge is 0.408 e. The molecule has 8 nitrogen and oxygen atoms in total. The quantitative estimate of drug-likeness (QED) is 0.725. The molecule has 166 valence electrons. The van der Waals surface area contributed by atoms with Crippen LogP contribution in [-0.4, -0.2) is 51.6 Å². The van der Waals surface area contributed by atoms with Crippen LogP contribution in [0.3, 0.4) is 0 Å². The van der Waals surface area contributed by atoms with E-state index in [4.69, 9.17) is 10.5 Å². The summed E-state index contributed by atoms with van der Waals surface area (Å²) in [6, 6.07) is -0.817. The van der Waals surface area contributed by atoms with Gasteiger partial charge in [-0.15, -0.1) is 0 Å². The molecule has 0 aliphatic carbocycles. The molecule has 0 spiro atoms. The first-order valence-corrected chi connectivity index (χ1v) is 9.93. The summed E-state index contributed by atoms with van der Waals surface area (Å²) in [7, 11) is 0. The van der Waals surface area contributed by atoms with E-state index in [1.165, 1.54) is 11.1 Å². The normalized spacial score (nSPS) is 15.5. The Kier molecular flexibility index (Phi) is 8.08. The van der Waals surface area contributed by atoms with Crippen LogP contribution in [0.5, 0.6) is 0 Å². The molecule has 0 unspecified atom stereocenters. The van der Waals surface area contributed by atoms with Crippen molar-refractivity contribution in [1.29, 1.82) is 0 Å². The number of alkyl carbamates (subject to hydrolysis) is 1. The van der Waals surface area contributed by atoms with Gasteiger partial charge in [0.25, 0.3) is 6.08 Å². The standard InChI is InChI=1S/C20H29F2N5O3/c1-20(2,3)30-19(29)26-15(6-4-5-14-11-25-16(23)12-24-14)18(28)27-9-7-13(8-10-27)17(21)22/h11-12,15H,4-10H2,1-3H3,(H2,23,25)(H,26,29)/t15-/m0/s1. The zero-order valence-corrected chi connectivity index (χ0v) is 17.6. The molecule has 30 heavy (non-hydrogen) atoms. The van der Waals surface area contributed by atoms with Gasteiger partial charge in [0.1, 0.15) is 17.5 Å². The first-order valence-electron chi connectivity index (χ1n) is 9.93. The molecule has 3 N–H and O–H groups in total. The van der Waals surface area contributed by atoms with Crippen molar-refractivity contribution >= 4 is 17.8 Å². The number of anilines is 1. The van der Waals surface area contributed by atoms with Crippen LogP contribution in [0.25, 0.3) is 0 Å².